The molecular formula is C21H28FN3O2. The van der Waals surface area contributed by atoms with Crippen molar-refractivity contribution in [1.82, 2.24) is 14.5 Å². The zero-order chi connectivity index (χ0) is 19.2. The number of aromatic nitrogens is 2. The smallest absolute Gasteiger partial charge is 0.224 e. The van der Waals surface area contributed by atoms with E-state index in [-0.39, 0.29) is 11.7 Å². The first kappa shape index (κ1) is 19.5. The molecular weight excluding hydrogens is 345 g/mol. The molecule has 146 valence electrons. The van der Waals surface area contributed by atoms with Crippen LogP contribution in [0.4, 0.5) is 4.39 Å². The highest BCUT2D eigenvalue weighted by Crippen LogP contribution is 2.22. The Kier molecular flexibility index (Phi) is 6.61. The van der Waals surface area contributed by atoms with Gasteiger partial charge < -0.3 is 14.2 Å². The molecule has 1 amide bonds. The lowest BCUT2D eigenvalue weighted by Gasteiger charge is -2.33. The Balaban J connectivity index is 1.65. The van der Waals surface area contributed by atoms with E-state index in [0.29, 0.717) is 25.5 Å². The lowest BCUT2D eigenvalue weighted by Crippen LogP contribution is -2.41. The van der Waals surface area contributed by atoms with Crippen molar-refractivity contribution in [2.24, 2.45) is 5.92 Å². The van der Waals surface area contributed by atoms with Gasteiger partial charge in [0.2, 0.25) is 5.91 Å². The molecule has 0 N–H and O–H groups in total. The summed E-state index contributed by atoms with van der Waals surface area (Å²) in [6.07, 6.45) is 5.32. The van der Waals surface area contributed by atoms with Crippen LogP contribution in [-0.2, 0) is 22.5 Å². The molecule has 1 aromatic heterocycles. The number of likely N-dealkylation sites (tertiary alicyclic amines) is 1. The van der Waals surface area contributed by atoms with Crippen LogP contribution in [0, 0.1) is 18.7 Å². The van der Waals surface area contributed by atoms with Crippen LogP contribution >= 0.6 is 0 Å². The average Bonchev–Trinajstić information content (AvgIpc) is 3.01. The first-order chi connectivity index (χ1) is 13.1. The monoisotopic (exact) mass is 373 g/mol. The van der Waals surface area contributed by atoms with E-state index in [1.807, 2.05) is 30.2 Å². The second-order valence-corrected chi connectivity index (χ2v) is 7.32. The van der Waals surface area contributed by atoms with Gasteiger partial charge in [-0.15, -0.1) is 0 Å². The Morgan fingerprint density at radius 3 is 2.85 bits per heavy atom. The van der Waals surface area contributed by atoms with Crippen LogP contribution in [0.15, 0.2) is 30.5 Å². The van der Waals surface area contributed by atoms with Gasteiger partial charge in [0.25, 0.3) is 0 Å². The molecule has 1 fully saturated rings. The number of aryl methyl sites for hydroxylation is 1. The standard InChI is InChI=1S/C21H28FN3O2/c1-16-13-23-20(25(16)15-17-5-7-19(22)8-6-17)12-18-4-3-10-24(14-18)21(26)9-11-27-2/h5-8,13,18H,3-4,9-12,14-15H2,1-2H3. The summed E-state index contributed by atoms with van der Waals surface area (Å²) in [5, 5.41) is 0. The Hall–Kier alpha value is -2.21. The van der Waals surface area contributed by atoms with Crippen LogP contribution < -0.4 is 0 Å². The number of carbonyl (C=O) groups excluding carboxylic acids is 1. The Morgan fingerprint density at radius 2 is 2.11 bits per heavy atom. The molecule has 2 heterocycles. The molecule has 1 atom stereocenters. The Morgan fingerprint density at radius 1 is 1.33 bits per heavy atom. The second-order valence-electron chi connectivity index (χ2n) is 7.32. The lowest BCUT2D eigenvalue weighted by molar-refractivity contribution is -0.133. The number of carbonyl (C=O) groups is 1. The van der Waals surface area contributed by atoms with Crippen molar-refractivity contribution >= 4 is 5.91 Å². The molecule has 1 unspecified atom stereocenters. The molecule has 0 radical (unpaired) electrons. The van der Waals surface area contributed by atoms with Gasteiger partial charge in [-0.1, -0.05) is 12.1 Å². The molecule has 0 aliphatic carbocycles. The first-order valence-electron chi connectivity index (χ1n) is 9.59. The fraction of sp³-hybridized carbons (Fsp3) is 0.524. The third-order valence-corrected chi connectivity index (χ3v) is 5.25. The molecule has 0 bridgehead atoms. The van der Waals surface area contributed by atoms with Gasteiger partial charge in [0.05, 0.1) is 13.0 Å². The molecule has 1 aliphatic rings. The van der Waals surface area contributed by atoms with Crippen LogP contribution in [0.25, 0.3) is 0 Å². The number of ether oxygens (including phenoxy) is 1. The minimum atomic E-state index is -0.221. The van der Waals surface area contributed by atoms with E-state index >= 15 is 0 Å². The number of methoxy groups -OCH3 is 1. The summed E-state index contributed by atoms with van der Waals surface area (Å²) in [6, 6.07) is 6.61. The van der Waals surface area contributed by atoms with Gasteiger partial charge in [-0.05, 0) is 43.4 Å². The van der Waals surface area contributed by atoms with Gasteiger partial charge in [-0.25, -0.2) is 9.37 Å². The SMILES string of the molecule is COCCC(=O)N1CCCC(Cc2ncc(C)n2Cc2ccc(F)cc2)C1. The average molecular weight is 373 g/mol. The first-order valence-corrected chi connectivity index (χ1v) is 9.59. The highest BCUT2D eigenvalue weighted by molar-refractivity contribution is 5.76. The van der Waals surface area contributed by atoms with Crippen molar-refractivity contribution in [1.29, 1.82) is 0 Å². The minimum absolute atomic E-state index is 0.174. The maximum Gasteiger partial charge on any atom is 0.224 e. The molecule has 3 rings (SSSR count). The quantitative estimate of drug-likeness (QED) is 0.749. The van der Waals surface area contributed by atoms with Crippen molar-refractivity contribution < 1.29 is 13.9 Å². The molecule has 2 aromatic rings. The number of imidazole rings is 1. The van der Waals surface area contributed by atoms with E-state index in [1.165, 1.54) is 12.1 Å². The fourth-order valence-electron chi connectivity index (χ4n) is 3.73. The normalized spacial score (nSPS) is 17.3. The lowest BCUT2D eigenvalue weighted by atomic mass is 9.94. The van der Waals surface area contributed by atoms with Gasteiger partial charge >= 0.3 is 0 Å². The summed E-state index contributed by atoms with van der Waals surface area (Å²) < 4.78 is 20.4. The maximum atomic E-state index is 13.2. The molecule has 5 nitrogen and oxygen atoms in total. The van der Waals surface area contributed by atoms with Crippen LogP contribution in [0.1, 0.15) is 36.3 Å². The molecule has 1 aliphatic heterocycles. The fourth-order valence-corrected chi connectivity index (χ4v) is 3.73. The number of hydrogen-bond donors (Lipinski definition) is 0. The third-order valence-electron chi connectivity index (χ3n) is 5.25. The largest absolute Gasteiger partial charge is 0.384 e. The van der Waals surface area contributed by atoms with E-state index in [2.05, 4.69) is 9.55 Å². The molecule has 1 aromatic carbocycles. The van der Waals surface area contributed by atoms with Crippen LogP contribution in [0.2, 0.25) is 0 Å². The number of rotatable bonds is 7. The predicted molar refractivity (Wildman–Crippen MR) is 102 cm³/mol. The molecule has 6 heteroatoms. The van der Waals surface area contributed by atoms with Gasteiger partial charge in [-0.2, -0.15) is 0 Å². The summed E-state index contributed by atoms with van der Waals surface area (Å²) in [7, 11) is 1.62. The second kappa shape index (κ2) is 9.13. The van der Waals surface area contributed by atoms with Gasteiger partial charge in [0.1, 0.15) is 11.6 Å². The van der Waals surface area contributed by atoms with Crippen LogP contribution in [0.3, 0.4) is 0 Å². The zero-order valence-corrected chi connectivity index (χ0v) is 16.2. The highest BCUT2D eigenvalue weighted by atomic mass is 19.1. The summed E-state index contributed by atoms with van der Waals surface area (Å²) in [5.41, 5.74) is 2.15. The van der Waals surface area contributed by atoms with Gasteiger partial charge in [0.15, 0.2) is 0 Å². The number of benzene rings is 1. The topological polar surface area (TPSA) is 47.4 Å². The van der Waals surface area contributed by atoms with Crippen molar-refractivity contribution in [3.8, 4) is 0 Å². The molecule has 27 heavy (non-hydrogen) atoms. The number of piperidine rings is 1. The number of nitrogens with zero attached hydrogens (tertiary/aromatic N) is 3. The van der Waals surface area contributed by atoms with Crippen molar-refractivity contribution in [3.63, 3.8) is 0 Å². The Labute approximate surface area is 160 Å². The molecule has 0 saturated carbocycles. The number of amides is 1. The van der Waals surface area contributed by atoms with Gasteiger partial charge in [0, 0.05) is 45.1 Å². The predicted octanol–water partition coefficient (Wildman–Crippen LogP) is 3.20. The van der Waals surface area contributed by atoms with Crippen LogP contribution in [0.5, 0.6) is 0 Å². The Bertz CT molecular complexity index is 757. The molecule has 1 saturated heterocycles. The third kappa shape index (κ3) is 5.16. The molecule has 0 spiro atoms. The summed E-state index contributed by atoms with van der Waals surface area (Å²) in [4.78, 5) is 18.9. The zero-order valence-electron chi connectivity index (χ0n) is 16.2. The number of halogens is 1. The van der Waals surface area contributed by atoms with Crippen molar-refractivity contribution in [3.05, 3.63) is 53.4 Å². The number of hydrogen-bond acceptors (Lipinski definition) is 3. The minimum Gasteiger partial charge on any atom is -0.384 e. The van der Waals surface area contributed by atoms with Crippen molar-refractivity contribution in [2.75, 3.05) is 26.8 Å². The van der Waals surface area contributed by atoms with E-state index in [1.54, 1.807) is 7.11 Å². The maximum absolute atomic E-state index is 13.2. The van der Waals surface area contributed by atoms with Crippen molar-refractivity contribution in [2.45, 2.75) is 39.2 Å². The summed E-state index contributed by atoms with van der Waals surface area (Å²) in [6.45, 7) is 4.82. The van der Waals surface area contributed by atoms with E-state index in [0.717, 1.165) is 49.4 Å². The summed E-state index contributed by atoms with van der Waals surface area (Å²) >= 11 is 0. The van der Waals surface area contributed by atoms with E-state index < -0.39 is 0 Å². The van der Waals surface area contributed by atoms with Crippen LogP contribution in [-0.4, -0.2) is 47.2 Å². The highest BCUT2D eigenvalue weighted by Gasteiger charge is 2.25. The van der Waals surface area contributed by atoms with Gasteiger partial charge in [-0.3, -0.25) is 4.79 Å². The van der Waals surface area contributed by atoms with E-state index in [9.17, 15) is 9.18 Å². The summed E-state index contributed by atoms with van der Waals surface area (Å²) in [5.74, 6) is 1.40. The van der Waals surface area contributed by atoms with E-state index in [4.69, 9.17) is 4.74 Å².